The zero-order chi connectivity index (χ0) is 15.5. The van der Waals surface area contributed by atoms with Crippen LogP contribution in [0.1, 0.15) is 30.9 Å². The Balaban J connectivity index is 1.58. The second-order valence-electron chi connectivity index (χ2n) is 5.11. The summed E-state index contributed by atoms with van der Waals surface area (Å²) in [5.41, 5.74) is 8.30. The molecule has 4 N–H and O–H groups in total. The Kier molecular flexibility index (Phi) is 4.06. The molecule has 2 heterocycles. The van der Waals surface area contributed by atoms with Gasteiger partial charge in [-0.25, -0.2) is 9.97 Å². The topological polar surface area (TPSA) is 96.7 Å². The zero-order valence-electron chi connectivity index (χ0n) is 12.2. The second-order valence-corrected chi connectivity index (χ2v) is 6.00. The number of aromatic nitrogens is 3. The molecule has 0 spiro atoms. The minimum atomic E-state index is -0.166. The molecule has 0 unspecified atom stereocenters. The van der Waals surface area contributed by atoms with Crippen molar-refractivity contribution in [3.8, 4) is 0 Å². The third-order valence-electron chi connectivity index (χ3n) is 3.37. The van der Waals surface area contributed by atoms with Gasteiger partial charge in [0.25, 0.3) is 0 Å². The number of aryl methyl sites for hydroxylation is 1. The number of rotatable bonds is 5. The molecule has 0 radical (unpaired) electrons. The zero-order valence-corrected chi connectivity index (χ0v) is 13.0. The van der Waals surface area contributed by atoms with E-state index in [-0.39, 0.29) is 11.9 Å². The Morgan fingerprint density at radius 3 is 2.95 bits per heavy atom. The number of aromatic amines is 1. The molecule has 1 atom stereocenters. The van der Waals surface area contributed by atoms with Crippen LogP contribution in [0.15, 0.2) is 29.6 Å². The number of para-hydroxylation sites is 2. The first-order chi connectivity index (χ1) is 10.6. The highest BCUT2D eigenvalue weighted by Gasteiger charge is 2.13. The monoisotopic (exact) mass is 315 g/mol. The fourth-order valence-corrected chi connectivity index (χ4v) is 2.84. The predicted octanol–water partition coefficient (Wildman–Crippen LogP) is 2.41. The molecule has 0 aliphatic rings. The first kappa shape index (κ1) is 14.5. The Morgan fingerprint density at radius 2 is 2.23 bits per heavy atom. The van der Waals surface area contributed by atoms with Gasteiger partial charge in [0.2, 0.25) is 5.91 Å². The number of amides is 1. The summed E-state index contributed by atoms with van der Waals surface area (Å²) in [4.78, 5) is 23.9. The van der Waals surface area contributed by atoms with Gasteiger partial charge < -0.3 is 16.0 Å². The maximum Gasteiger partial charge on any atom is 0.220 e. The average Bonchev–Trinajstić information content (AvgIpc) is 3.11. The lowest BCUT2D eigenvalue weighted by Crippen LogP contribution is -2.27. The van der Waals surface area contributed by atoms with Crippen molar-refractivity contribution in [1.29, 1.82) is 0 Å². The van der Waals surface area contributed by atoms with E-state index in [1.165, 1.54) is 11.3 Å². The molecule has 6 nitrogen and oxygen atoms in total. The van der Waals surface area contributed by atoms with Gasteiger partial charge in [-0.1, -0.05) is 12.1 Å². The van der Waals surface area contributed by atoms with Crippen LogP contribution in [0.3, 0.4) is 0 Å². The van der Waals surface area contributed by atoms with E-state index in [1.807, 2.05) is 36.6 Å². The van der Waals surface area contributed by atoms with E-state index < -0.39 is 0 Å². The van der Waals surface area contributed by atoms with Crippen molar-refractivity contribution in [2.45, 2.75) is 25.8 Å². The third kappa shape index (κ3) is 3.25. The molecule has 0 aliphatic heterocycles. The van der Waals surface area contributed by atoms with Crippen molar-refractivity contribution in [2.75, 3.05) is 5.73 Å². The molecule has 114 valence electrons. The van der Waals surface area contributed by atoms with E-state index in [1.54, 1.807) is 0 Å². The van der Waals surface area contributed by atoms with Crippen molar-refractivity contribution < 1.29 is 4.79 Å². The van der Waals surface area contributed by atoms with Gasteiger partial charge in [0, 0.05) is 11.8 Å². The maximum atomic E-state index is 12.0. The highest BCUT2D eigenvalue weighted by molar-refractivity contribution is 7.13. The summed E-state index contributed by atoms with van der Waals surface area (Å²) in [7, 11) is 0. The number of hydrogen-bond acceptors (Lipinski definition) is 5. The molecule has 22 heavy (non-hydrogen) atoms. The van der Waals surface area contributed by atoms with Crippen LogP contribution in [-0.4, -0.2) is 20.9 Å². The van der Waals surface area contributed by atoms with Crippen LogP contribution in [-0.2, 0) is 11.2 Å². The van der Waals surface area contributed by atoms with E-state index in [0.717, 1.165) is 22.6 Å². The first-order valence-electron chi connectivity index (χ1n) is 7.05. The van der Waals surface area contributed by atoms with Crippen molar-refractivity contribution in [3.63, 3.8) is 0 Å². The minimum absolute atomic E-state index is 0.0282. The van der Waals surface area contributed by atoms with E-state index in [9.17, 15) is 4.79 Å². The molecule has 0 aliphatic carbocycles. The standard InChI is InChI=1S/C15H17N5OS/c1-9(14-19-11-4-2-3-5-12(11)20-14)17-13(21)7-6-10-8-22-15(16)18-10/h2-5,8-9H,6-7H2,1H3,(H2,16,18)(H,17,21)(H,19,20)/t9-/m1/s1. The molecule has 1 amide bonds. The molecular weight excluding hydrogens is 298 g/mol. The lowest BCUT2D eigenvalue weighted by molar-refractivity contribution is -0.121. The summed E-state index contributed by atoms with van der Waals surface area (Å²) in [5.74, 6) is 0.729. The lowest BCUT2D eigenvalue weighted by Gasteiger charge is -2.10. The second kappa shape index (κ2) is 6.15. The van der Waals surface area contributed by atoms with Crippen molar-refractivity contribution in [1.82, 2.24) is 20.3 Å². The summed E-state index contributed by atoms with van der Waals surface area (Å²) < 4.78 is 0. The van der Waals surface area contributed by atoms with E-state index in [4.69, 9.17) is 5.73 Å². The smallest absolute Gasteiger partial charge is 0.220 e. The highest BCUT2D eigenvalue weighted by atomic mass is 32.1. The number of H-pyrrole nitrogens is 1. The number of benzene rings is 1. The Morgan fingerprint density at radius 1 is 1.41 bits per heavy atom. The minimum Gasteiger partial charge on any atom is -0.375 e. The van der Waals surface area contributed by atoms with E-state index in [2.05, 4.69) is 20.3 Å². The van der Waals surface area contributed by atoms with Gasteiger partial charge in [0.1, 0.15) is 5.82 Å². The van der Waals surface area contributed by atoms with Crippen molar-refractivity contribution in [3.05, 3.63) is 41.2 Å². The third-order valence-corrected chi connectivity index (χ3v) is 4.10. The summed E-state index contributed by atoms with van der Waals surface area (Å²) in [6.07, 6.45) is 0.972. The van der Waals surface area contributed by atoms with Crippen molar-refractivity contribution >= 4 is 33.4 Å². The van der Waals surface area contributed by atoms with Crippen LogP contribution in [0, 0.1) is 0 Å². The number of thiazole rings is 1. The van der Waals surface area contributed by atoms with Gasteiger partial charge >= 0.3 is 0 Å². The van der Waals surface area contributed by atoms with Crippen LogP contribution in [0.2, 0.25) is 0 Å². The average molecular weight is 315 g/mol. The predicted molar refractivity (Wildman–Crippen MR) is 87.5 cm³/mol. The van der Waals surface area contributed by atoms with Crippen LogP contribution >= 0.6 is 11.3 Å². The van der Waals surface area contributed by atoms with Crippen molar-refractivity contribution in [2.24, 2.45) is 0 Å². The molecule has 2 aromatic heterocycles. The Bertz CT molecular complexity index is 761. The maximum absolute atomic E-state index is 12.0. The fourth-order valence-electron chi connectivity index (χ4n) is 2.24. The van der Waals surface area contributed by atoms with Gasteiger partial charge in [-0.2, -0.15) is 0 Å². The fraction of sp³-hybridized carbons (Fsp3) is 0.267. The molecule has 0 fully saturated rings. The summed E-state index contributed by atoms with van der Waals surface area (Å²) in [5, 5.41) is 5.36. The van der Waals surface area contributed by atoms with Gasteiger partial charge in [-0.15, -0.1) is 11.3 Å². The number of carbonyl (C=O) groups excluding carboxylic acids is 1. The van der Waals surface area contributed by atoms with Gasteiger partial charge in [-0.05, 0) is 25.5 Å². The Labute approximate surface area is 131 Å². The molecular formula is C15H17N5OS. The number of nitrogens with zero attached hydrogens (tertiary/aromatic N) is 2. The largest absolute Gasteiger partial charge is 0.375 e. The molecule has 7 heteroatoms. The van der Waals surface area contributed by atoms with Crippen LogP contribution in [0.4, 0.5) is 5.13 Å². The van der Waals surface area contributed by atoms with Crippen LogP contribution in [0.25, 0.3) is 11.0 Å². The number of fused-ring (bicyclic) bond motifs is 1. The van der Waals surface area contributed by atoms with E-state index >= 15 is 0 Å². The normalized spacial score (nSPS) is 12.4. The number of hydrogen-bond donors (Lipinski definition) is 3. The molecule has 0 bridgehead atoms. The first-order valence-corrected chi connectivity index (χ1v) is 7.93. The molecule has 0 saturated carbocycles. The number of nitrogens with two attached hydrogens (primary N) is 1. The number of nitrogen functional groups attached to an aromatic ring is 1. The van der Waals surface area contributed by atoms with Gasteiger partial charge in [-0.3, -0.25) is 4.79 Å². The molecule has 0 saturated heterocycles. The number of imidazole rings is 1. The molecule has 1 aromatic carbocycles. The van der Waals surface area contributed by atoms with Crippen LogP contribution < -0.4 is 11.1 Å². The summed E-state index contributed by atoms with van der Waals surface area (Å²) in [6.45, 7) is 1.91. The lowest BCUT2D eigenvalue weighted by atomic mass is 10.2. The summed E-state index contributed by atoms with van der Waals surface area (Å²) >= 11 is 1.39. The number of carbonyl (C=O) groups is 1. The van der Waals surface area contributed by atoms with Crippen LogP contribution in [0.5, 0.6) is 0 Å². The molecule has 3 rings (SSSR count). The summed E-state index contributed by atoms with van der Waals surface area (Å²) in [6, 6.07) is 7.63. The Hall–Kier alpha value is -2.41. The van der Waals surface area contributed by atoms with Gasteiger partial charge in [0.05, 0.1) is 22.8 Å². The quantitative estimate of drug-likeness (QED) is 0.673. The number of anilines is 1. The van der Waals surface area contributed by atoms with Gasteiger partial charge in [0.15, 0.2) is 5.13 Å². The highest BCUT2D eigenvalue weighted by Crippen LogP contribution is 2.16. The SMILES string of the molecule is C[C@@H](NC(=O)CCc1csc(N)n1)c1nc2ccccc2[nH]1. The number of nitrogens with one attached hydrogen (secondary N) is 2. The molecule has 3 aromatic rings. The van der Waals surface area contributed by atoms with E-state index in [0.29, 0.717) is 18.0 Å².